The number of anilines is 1. The van der Waals surface area contributed by atoms with E-state index in [1.807, 2.05) is 18.2 Å². The first-order valence-corrected chi connectivity index (χ1v) is 7.97. The van der Waals surface area contributed by atoms with Crippen molar-refractivity contribution < 1.29 is 9.53 Å². The van der Waals surface area contributed by atoms with E-state index in [1.165, 1.54) is 19.3 Å². The van der Waals surface area contributed by atoms with E-state index in [0.717, 1.165) is 12.8 Å². The summed E-state index contributed by atoms with van der Waals surface area (Å²) >= 11 is 0. The smallest absolute Gasteiger partial charge is 0.223 e. The fraction of sp³-hybridized carbons (Fsp3) is 0.588. The lowest BCUT2D eigenvalue weighted by Gasteiger charge is -2.31. The quantitative estimate of drug-likeness (QED) is 0.791. The third-order valence-electron chi connectivity index (χ3n) is 4.29. The highest BCUT2D eigenvalue weighted by molar-refractivity contribution is 5.76. The largest absolute Gasteiger partial charge is 0.491 e. The van der Waals surface area contributed by atoms with Crippen LogP contribution in [0.5, 0.6) is 5.75 Å². The van der Waals surface area contributed by atoms with Gasteiger partial charge in [0.05, 0.1) is 18.7 Å². The van der Waals surface area contributed by atoms with Crippen LogP contribution in [0, 0.1) is 5.92 Å². The van der Waals surface area contributed by atoms with Crippen LogP contribution >= 0.6 is 0 Å². The molecule has 1 aliphatic carbocycles. The number of nitrogens with two attached hydrogens (primary N) is 1. The molecule has 1 saturated carbocycles. The predicted molar refractivity (Wildman–Crippen MR) is 85.1 cm³/mol. The van der Waals surface area contributed by atoms with E-state index in [4.69, 9.17) is 10.5 Å². The number of ether oxygens (including phenoxy) is 1. The molecule has 0 radical (unpaired) electrons. The van der Waals surface area contributed by atoms with Gasteiger partial charge >= 0.3 is 0 Å². The van der Waals surface area contributed by atoms with Gasteiger partial charge in [0.1, 0.15) is 5.75 Å². The zero-order chi connectivity index (χ0) is 15.1. The van der Waals surface area contributed by atoms with Crippen LogP contribution in [0.1, 0.15) is 45.4 Å². The van der Waals surface area contributed by atoms with Crippen molar-refractivity contribution >= 4 is 11.6 Å². The first-order chi connectivity index (χ1) is 10.2. The summed E-state index contributed by atoms with van der Waals surface area (Å²) < 4.78 is 5.56. The van der Waals surface area contributed by atoms with E-state index in [-0.39, 0.29) is 5.91 Å². The molecule has 0 saturated heterocycles. The molecular formula is C17H26N2O2. The lowest BCUT2D eigenvalue weighted by Crippen LogP contribution is -2.42. The minimum absolute atomic E-state index is 0.0786. The van der Waals surface area contributed by atoms with Gasteiger partial charge in [-0.25, -0.2) is 0 Å². The molecule has 4 nitrogen and oxygen atoms in total. The van der Waals surface area contributed by atoms with Crippen molar-refractivity contribution in [2.75, 3.05) is 12.3 Å². The standard InChI is InChI=1S/C17H26N2O2/c1-2-13-7-3-5-9-15(13)19-17(20)11-12-21-16-10-6-4-8-14(16)18/h4,6,8,10,13,15H,2-3,5,7,9,11-12,18H2,1H3,(H,19,20). The molecule has 1 aromatic rings. The van der Waals surface area contributed by atoms with Crippen molar-refractivity contribution in [2.45, 2.75) is 51.5 Å². The van der Waals surface area contributed by atoms with E-state index in [1.54, 1.807) is 6.07 Å². The Morgan fingerprint density at radius 2 is 2.10 bits per heavy atom. The number of benzene rings is 1. The molecule has 2 unspecified atom stereocenters. The number of hydrogen-bond donors (Lipinski definition) is 2. The average molecular weight is 290 g/mol. The second-order valence-electron chi connectivity index (χ2n) is 5.76. The third kappa shape index (κ3) is 4.66. The van der Waals surface area contributed by atoms with E-state index in [2.05, 4.69) is 12.2 Å². The summed E-state index contributed by atoms with van der Waals surface area (Å²) in [6.07, 6.45) is 6.37. The number of nitrogens with one attached hydrogen (secondary N) is 1. The highest BCUT2D eigenvalue weighted by atomic mass is 16.5. The Labute approximate surface area is 127 Å². The number of carbonyl (C=O) groups excluding carboxylic acids is 1. The van der Waals surface area contributed by atoms with Gasteiger partial charge in [-0.15, -0.1) is 0 Å². The van der Waals surface area contributed by atoms with Gasteiger partial charge in [-0.1, -0.05) is 38.3 Å². The number of hydrogen-bond acceptors (Lipinski definition) is 3. The van der Waals surface area contributed by atoms with Gasteiger partial charge in [-0.05, 0) is 30.9 Å². The molecule has 0 heterocycles. The second-order valence-corrected chi connectivity index (χ2v) is 5.76. The fourth-order valence-electron chi connectivity index (χ4n) is 3.03. The summed E-state index contributed by atoms with van der Waals surface area (Å²) in [6.45, 7) is 2.57. The number of carbonyl (C=O) groups is 1. The fourth-order valence-corrected chi connectivity index (χ4v) is 3.03. The van der Waals surface area contributed by atoms with Gasteiger partial charge in [-0.2, -0.15) is 0 Å². The van der Waals surface area contributed by atoms with Gasteiger partial charge in [0.15, 0.2) is 0 Å². The molecule has 0 bridgehead atoms. The zero-order valence-electron chi connectivity index (χ0n) is 12.8. The maximum atomic E-state index is 12.0. The normalized spacial score (nSPS) is 21.8. The van der Waals surface area contributed by atoms with E-state index in [9.17, 15) is 4.79 Å². The van der Waals surface area contributed by atoms with Crippen LogP contribution in [0.25, 0.3) is 0 Å². The van der Waals surface area contributed by atoms with Crippen LogP contribution in [-0.2, 0) is 4.79 Å². The molecule has 0 aliphatic heterocycles. The summed E-state index contributed by atoms with van der Waals surface area (Å²) in [7, 11) is 0. The molecule has 1 aliphatic rings. The van der Waals surface area contributed by atoms with Crippen molar-refractivity contribution in [3.63, 3.8) is 0 Å². The maximum Gasteiger partial charge on any atom is 0.223 e. The summed E-state index contributed by atoms with van der Waals surface area (Å²) in [6, 6.07) is 7.70. The Bertz CT molecular complexity index is 462. The highest BCUT2D eigenvalue weighted by Crippen LogP contribution is 2.26. The topological polar surface area (TPSA) is 64.3 Å². The number of para-hydroxylation sites is 2. The van der Waals surface area contributed by atoms with Gasteiger partial charge < -0.3 is 15.8 Å². The van der Waals surface area contributed by atoms with Crippen LogP contribution in [0.15, 0.2) is 24.3 Å². The Morgan fingerprint density at radius 1 is 1.33 bits per heavy atom. The number of rotatable bonds is 6. The molecule has 1 amide bonds. The van der Waals surface area contributed by atoms with Crippen molar-refractivity contribution in [1.82, 2.24) is 5.32 Å². The third-order valence-corrected chi connectivity index (χ3v) is 4.29. The molecule has 2 atom stereocenters. The average Bonchev–Trinajstić information content (AvgIpc) is 2.50. The first-order valence-electron chi connectivity index (χ1n) is 7.97. The molecule has 1 fully saturated rings. The summed E-state index contributed by atoms with van der Waals surface area (Å²) in [5, 5.41) is 3.17. The van der Waals surface area contributed by atoms with Gasteiger partial charge in [0.25, 0.3) is 0 Å². The number of amides is 1. The van der Waals surface area contributed by atoms with Crippen molar-refractivity contribution in [1.29, 1.82) is 0 Å². The minimum Gasteiger partial charge on any atom is -0.491 e. The highest BCUT2D eigenvalue weighted by Gasteiger charge is 2.24. The Kier molecular flexibility index (Phi) is 5.90. The zero-order valence-corrected chi connectivity index (χ0v) is 12.8. The van der Waals surface area contributed by atoms with Crippen LogP contribution in [-0.4, -0.2) is 18.6 Å². The molecule has 1 aromatic carbocycles. The van der Waals surface area contributed by atoms with Gasteiger partial charge in [0.2, 0.25) is 5.91 Å². The molecule has 3 N–H and O–H groups in total. The lowest BCUT2D eigenvalue weighted by atomic mass is 9.83. The Hall–Kier alpha value is -1.71. The van der Waals surface area contributed by atoms with Crippen molar-refractivity contribution in [2.24, 2.45) is 5.92 Å². The molecule has 2 rings (SSSR count). The van der Waals surface area contributed by atoms with E-state index >= 15 is 0 Å². The number of nitrogen functional groups attached to an aromatic ring is 1. The van der Waals surface area contributed by atoms with E-state index < -0.39 is 0 Å². The summed E-state index contributed by atoms with van der Waals surface area (Å²) in [5.74, 6) is 1.36. The van der Waals surface area contributed by atoms with E-state index in [0.29, 0.717) is 36.4 Å². The summed E-state index contributed by atoms with van der Waals surface area (Å²) in [4.78, 5) is 12.0. The second kappa shape index (κ2) is 7.91. The Balaban J connectivity index is 1.73. The molecule has 0 aromatic heterocycles. The lowest BCUT2D eigenvalue weighted by molar-refractivity contribution is -0.122. The molecule has 4 heteroatoms. The Morgan fingerprint density at radius 3 is 2.86 bits per heavy atom. The van der Waals surface area contributed by atoms with Crippen LogP contribution in [0.3, 0.4) is 0 Å². The van der Waals surface area contributed by atoms with Crippen LogP contribution < -0.4 is 15.8 Å². The minimum atomic E-state index is 0.0786. The van der Waals surface area contributed by atoms with Crippen LogP contribution in [0.4, 0.5) is 5.69 Å². The van der Waals surface area contributed by atoms with Crippen LogP contribution in [0.2, 0.25) is 0 Å². The van der Waals surface area contributed by atoms with Gasteiger partial charge in [0, 0.05) is 6.04 Å². The first kappa shape index (κ1) is 15.7. The maximum absolute atomic E-state index is 12.0. The molecular weight excluding hydrogens is 264 g/mol. The monoisotopic (exact) mass is 290 g/mol. The SMILES string of the molecule is CCC1CCCCC1NC(=O)CCOc1ccccc1N. The van der Waals surface area contributed by atoms with Crippen molar-refractivity contribution in [3.05, 3.63) is 24.3 Å². The molecule has 116 valence electrons. The molecule has 0 spiro atoms. The van der Waals surface area contributed by atoms with Crippen molar-refractivity contribution in [3.8, 4) is 5.75 Å². The molecule has 21 heavy (non-hydrogen) atoms. The van der Waals surface area contributed by atoms with Gasteiger partial charge in [-0.3, -0.25) is 4.79 Å². The summed E-state index contributed by atoms with van der Waals surface area (Å²) in [5.41, 5.74) is 6.41. The predicted octanol–water partition coefficient (Wildman–Crippen LogP) is 3.12.